The van der Waals surface area contributed by atoms with Crippen molar-refractivity contribution in [2.75, 3.05) is 36.8 Å². The molecule has 1 N–H and O–H groups in total. The molecule has 0 radical (unpaired) electrons. The average Bonchev–Trinajstić information content (AvgIpc) is 3.34. The van der Waals surface area contributed by atoms with Gasteiger partial charge in [0.25, 0.3) is 5.95 Å². The Morgan fingerprint density at radius 3 is 2.43 bits per heavy atom. The number of anilines is 2. The molecule has 12 heteroatoms. The SMILES string of the molecule is CN(C)S(=O)(=O)Nc1cc(N2CCCC2)ccc1N=Nc1nc(C#N)c(C#N)n1C. The molecule has 11 nitrogen and oxygen atoms in total. The van der Waals surface area contributed by atoms with Gasteiger partial charge in [-0.15, -0.1) is 10.2 Å². The standard InChI is InChI=1S/C18H21N9O2S/c1-25(2)30(28,29)24-15-10-13(27-8-4-5-9-27)6-7-14(15)22-23-18-21-16(11-19)17(12-20)26(18)3/h6-7,10,24H,4-5,8-9H2,1-3H3. The van der Waals surface area contributed by atoms with E-state index in [-0.39, 0.29) is 28.7 Å². The Morgan fingerprint density at radius 1 is 1.17 bits per heavy atom. The lowest BCUT2D eigenvalue weighted by Crippen LogP contribution is -2.29. The van der Waals surface area contributed by atoms with Gasteiger partial charge in [-0.1, -0.05) is 0 Å². The van der Waals surface area contributed by atoms with Crippen molar-refractivity contribution in [3.8, 4) is 12.1 Å². The van der Waals surface area contributed by atoms with Crippen LogP contribution >= 0.6 is 0 Å². The summed E-state index contributed by atoms with van der Waals surface area (Å²) in [5, 5.41) is 26.4. The Labute approximate surface area is 175 Å². The summed E-state index contributed by atoms with van der Waals surface area (Å²) < 4.78 is 29.7. The van der Waals surface area contributed by atoms with Crippen molar-refractivity contribution >= 4 is 33.2 Å². The Balaban J connectivity index is 2.01. The summed E-state index contributed by atoms with van der Waals surface area (Å²) in [7, 11) is 0.639. The first kappa shape index (κ1) is 21.2. The summed E-state index contributed by atoms with van der Waals surface area (Å²) in [5.41, 5.74) is 1.46. The lowest BCUT2D eigenvalue weighted by atomic mass is 10.2. The van der Waals surface area contributed by atoms with Gasteiger partial charge >= 0.3 is 10.2 Å². The van der Waals surface area contributed by atoms with E-state index in [4.69, 9.17) is 10.5 Å². The third-order valence-electron chi connectivity index (χ3n) is 4.70. The predicted octanol–water partition coefficient (Wildman–Crippen LogP) is 2.40. The van der Waals surface area contributed by atoms with Crippen LogP contribution in [0.4, 0.5) is 23.0 Å². The summed E-state index contributed by atoms with van der Waals surface area (Å²) in [6.45, 7) is 1.81. The van der Waals surface area contributed by atoms with Crippen molar-refractivity contribution < 1.29 is 8.42 Å². The van der Waals surface area contributed by atoms with Crippen molar-refractivity contribution in [2.45, 2.75) is 12.8 Å². The van der Waals surface area contributed by atoms with E-state index in [1.165, 1.54) is 18.7 Å². The molecule has 0 atom stereocenters. The molecule has 3 rings (SSSR count). The lowest BCUT2D eigenvalue weighted by molar-refractivity contribution is 0.527. The second kappa shape index (κ2) is 8.49. The van der Waals surface area contributed by atoms with Gasteiger partial charge in [0.1, 0.15) is 17.8 Å². The largest absolute Gasteiger partial charge is 0.371 e. The van der Waals surface area contributed by atoms with Crippen molar-refractivity contribution in [1.29, 1.82) is 10.5 Å². The van der Waals surface area contributed by atoms with Crippen molar-refractivity contribution in [1.82, 2.24) is 13.9 Å². The number of nitrogens with one attached hydrogen (secondary N) is 1. The Bertz CT molecular complexity index is 1160. The van der Waals surface area contributed by atoms with E-state index < -0.39 is 10.2 Å². The molecule has 1 aliphatic heterocycles. The second-order valence-corrected chi connectivity index (χ2v) is 8.76. The highest BCUT2D eigenvalue weighted by molar-refractivity contribution is 7.90. The zero-order valence-electron chi connectivity index (χ0n) is 16.9. The minimum Gasteiger partial charge on any atom is -0.371 e. The van der Waals surface area contributed by atoms with Crippen molar-refractivity contribution in [3.63, 3.8) is 0 Å². The molecule has 0 spiro atoms. The number of nitrogens with zero attached hydrogens (tertiary/aromatic N) is 8. The summed E-state index contributed by atoms with van der Waals surface area (Å²) in [5.74, 6) is 0.0631. The predicted molar refractivity (Wildman–Crippen MR) is 111 cm³/mol. The van der Waals surface area contributed by atoms with Crippen LogP contribution in [-0.4, -0.2) is 49.5 Å². The van der Waals surface area contributed by atoms with E-state index in [1.54, 1.807) is 19.2 Å². The number of benzene rings is 1. The van der Waals surface area contributed by atoms with Crippen LogP contribution < -0.4 is 9.62 Å². The lowest BCUT2D eigenvalue weighted by Gasteiger charge is -2.20. The maximum Gasteiger partial charge on any atom is 0.301 e. The smallest absolute Gasteiger partial charge is 0.301 e. The third kappa shape index (κ3) is 4.25. The zero-order valence-corrected chi connectivity index (χ0v) is 17.7. The quantitative estimate of drug-likeness (QED) is 0.701. The van der Waals surface area contributed by atoms with E-state index in [0.29, 0.717) is 0 Å². The van der Waals surface area contributed by atoms with Crippen molar-refractivity contribution in [2.24, 2.45) is 17.3 Å². The average molecular weight is 427 g/mol. The first-order valence-corrected chi connectivity index (χ1v) is 10.6. The van der Waals surface area contributed by atoms with E-state index in [9.17, 15) is 8.42 Å². The minimum absolute atomic E-state index is 0.0492. The van der Waals surface area contributed by atoms with Crippen LogP contribution in [0.25, 0.3) is 0 Å². The maximum atomic E-state index is 12.4. The Hall–Kier alpha value is -3.48. The van der Waals surface area contributed by atoms with Gasteiger partial charge in [-0.3, -0.25) is 4.72 Å². The van der Waals surface area contributed by atoms with E-state index in [2.05, 4.69) is 24.8 Å². The van der Waals surface area contributed by atoms with E-state index in [0.717, 1.165) is 35.9 Å². The van der Waals surface area contributed by atoms with Crippen LogP contribution in [0.3, 0.4) is 0 Å². The van der Waals surface area contributed by atoms with Crippen LogP contribution in [0.15, 0.2) is 28.4 Å². The molecule has 0 unspecified atom stereocenters. The van der Waals surface area contributed by atoms with Crippen LogP contribution in [0.1, 0.15) is 24.2 Å². The molecule has 0 aliphatic carbocycles. The van der Waals surface area contributed by atoms with Gasteiger partial charge in [0.2, 0.25) is 0 Å². The van der Waals surface area contributed by atoms with Crippen LogP contribution in [-0.2, 0) is 17.3 Å². The first-order valence-electron chi connectivity index (χ1n) is 9.14. The Morgan fingerprint density at radius 2 is 1.87 bits per heavy atom. The van der Waals surface area contributed by atoms with Gasteiger partial charge in [0.15, 0.2) is 11.4 Å². The molecular formula is C18H21N9O2S. The molecule has 1 aromatic carbocycles. The molecule has 2 aromatic rings. The van der Waals surface area contributed by atoms with Crippen LogP contribution in [0.2, 0.25) is 0 Å². The highest BCUT2D eigenvalue weighted by Crippen LogP contribution is 2.33. The summed E-state index contributed by atoms with van der Waals surface area (Å²) in [6, 6.07) is 8.99. The number of aromatic nitrogens is 2. The second-order valence-electron chi connectivity index (χ2n) is 6.88. The molecule has 0 amide bonds. The molecule has 156 valence electrons. The van der Waals surface area contributed by atoms with Crippen molar-refractivity contribution in [3.05, 3.63) is 29.6 Å². The van der Waals surface area contributed by atoms with Crippen LogP contribution in [0, 0.1) is 22.7 Å². The zero-order chi connectivity index (χ0) is 21.9. The number of nitriles is 2. The normalized spacial score (nSPS) is 14.3. The molecule has 1 aromatic heterocycles. The number of imidazole rings is 1. The van der Waals surface area contributed by atoms with E-state index in [1.807, 2.05) is 18.2 Å². The first-order chi connectivity index (χ1) is 14.3. The van der Waals surface area contributed by atoms with Crippen LogP contribution in [0.5, 0.6) is 0 Å². The topological polar surface area (TPSA) is 143 Å². The fourth-order valence-electron chi connectivity index (χ4n) is 2.98. The van der Waals surface area contributed by atoms with Gasteiger partial charge in [0, 0.05) is 39.9 Å². The van der Waals surface area contributed by atoms with Gasteiger partial charge in [-0.2, -0.15) is 28.2 Å². The molecular weight excluding hydrogens is 406 g/mol. The summed E-state index contributed by atoms with van der Waals surface area (Å²) in [4.78, 5) is 6.16. The number of hydrogen-bond donors (Lipinski definition) is 1. The highest BCUT2D eigenvalue weighted by Gasteiger charge is 2.19. The van der Waals surface area contributed by atoms with Gasteiger partial charge in [0.05, 0.1) is 5.69 Å². The summed E-state index contributed by atoms with van der Waals surface area (Å²) in [6.07, 6.45) is 2.17. The molecule has 1 fully saturated rings. The number of hydrogen-bond acceptors (Lipinski definition) is 8. The van der Waals surface area contributed by atoms with Gasteiger partial charge < -0.3 is 9.47 Å². The fourth-order valence-corrected chi connectivity index (χ4v) is 3.60. The molecule has 0 bridgehead atoms. The number of rotatable bonds is 6. The maximum absolute atomic E-state index is 12.4. The molecule has 1 aliphatic rings. The van der Waals surface area contributed by atoms with E-state index >= 15 is 0 Å². The molecule has 30 heavy (non-hydrogen) atoms. The molecule has 1 saturated heterocycles. The third-order valence-corrected chi connectivity index (χ3v) is 6.14. The monoisotopic (exact) mass is 427 g/mol. The van der Waals surface area contributed by atoms with Gasteiger partial charge in [-0.05, 0) is 31.0 Å². The summed E-state index contributed by atoms with van der Waals surface area (Å²) >= 11 is 0. The highest BCUT2D eigenvalue weighted by atomic mass is 32.2. The molecule has 0 saturated carbocycles. The fraction of sp³-hybridized carbons (Fsp3) is 0.389. The number of azo groups is 1. The Kier molecular flexibility index (Phi) is 6.01. The van der Waals surface area contributed by atoms with Gasteiger partial charge in [-0.25, -0.2) is 0 Å². The molecule has 2 heterocycles. The minimum atomic E-state index is -3.76.